The van der Waals surface area contributed by atoms with Crippen molar-refractivity contribution in [1.29, 1.82) is 0 Å². The Morgan fingerprint density at radius 3 is 1.71 bits per heavy atom. The van der Waals surface area contributed by atoms with Crippen molar-refractivity contribution in [3.63, 3.8) is 0 Å². The van der Waals surface area contributed by atoms with Crippen molar-refractivity contribution in [2.45, 2.75) is 31.7 Å². The standard InChI is InChI=1S/C10H22O4/c1-6-8(12-3)10(14-5)9(13-4)7-11-2/h8-10H,6-7H2,1-5H3/t8-,9?,10?/m0/s1. The third-order valence-corrected chi connectivity index (χ3v) is 2.34. The van der Waals surface area contributed by atoms with E-state index >= 15 is 0 Å². The largest absolute Gasteiger partial charge is 0.382 e. The molecule has 2 unspecified atom stereocenters. The first-order valence-corrected chi connectivity index (χ1v) is 4.82. The lowest BCUT2D eigenvalue weighted by molar-refractivity contribution is -0.124. The van der Waals surface area contributed by atoms with Gasteiger partial charge in [-0.15, -0.1) is 0 Å². The summed E-state index contributed by atoms with van der Waals surface area (Å²) in [4.78, 5) is 0. The van der Waals surface area contributed by atoms with E-state index in [4.69, 9.17) is 18.9 Å². The molecule has 0 amide bonds. The van der Waals surface area contributed by atoms with Gasteiger partial charge in [-0.2, -0.15) is 0 Å². The summed E-state index contributed by atoms with van der Waals surface area (Å²) in [6.07, 6.45) is 0.753. The highest BCUT2D eigenvalue weighted by molar-refractivity contribution is 4.78. The number of hydrogen-bond acceptors (Lipinski definition) is 4. The predicted molar refractivity (Wildman–Crippen MR) is 54.6 cm³/mol. The number of ether oxygens (including phenoxy) is 4. The molecule has 0 fully saturated rings. The first-order chi connectivity index (χ1) is 6.74. The predicted octanol–water partition coefficient (Wildman–Crippen LogP) is 1.09. The Bertz CT molecular complexity index is 125. The molecule has 0 spiro atoms. The number of methoxy groups -OCH3 is 4. The zero-order chi connectivity index (χ0) is 11.0. The maximum atomic E-state index is 5.37. The van der Waals surface area contributed by atoms with Gasteiger partial charge in [0.1, 0.15) is 12.2 Å². The molecule has 0 saturated carbocycles. The highest BCUT2D eigenvalue weighted by Crippen LogP contribution is 2.13. The summed E-state index contributed by atoms with van der Waals surface area (Å²) in [7, 11) is 6.64. The van der Waals surface area contributed by atoms with Crippen molar-refractivity contribution in [2.24, 2.45) is 0 Å². The molecule has 86 valence electrons. The highest BCUT2D eigenvalue weighted by Gasteiger charge is 2.28. The van der Waals surface area contributed by atoms with Crippen LogP contribution in [0.3, 0.4) is 0 Å². The Labute approximate surface area is 86.5 Å². The minimum absolute atomic E-state index is 0.0418. The van der Waals surface area contributed by atoms with Gasteiger partial charge in [-0.25, -0.2) is 0 Å². The van der Waals surface area contributed by atoms with Gasteiger partial charge in [-0.1, -0.05) is 6.92 Å². The molecule has 0 aliphatic rings. The van der Waals surface area contributed by atoms with E-state index in [1.807, 2.05) is 0 Å². The van der Waals surface area contributed by atoms with Gasteiger partial charge >= 0.3 is 0 Å². The van der Waals surface area contributed by atoms with Crippen LogP contribution in [0.5, 0.6) is 0 Å². The molecule has 0 aliphatic heterocycles. The SMILES string of the molecule is CC[C@H](OC)C(OC)C(COC)OC. The second-order valence-electron chi connectivity index (χ2n) is 3.11. The minimum Gasteiger partial charge on any atom is -0.382 e. The molecule has 0 bridgehead atoms. The van der Waals surface area contributed by atoms with Crippen molar-refractivity contribution in [2.75, 3.05) is 35.0 Å². The molecule has 0 saturated heterocycles. The van der Waals surface area contributed by atoms with Gasteiger partial charge in [0.15, 0.2) is 0 Å². The third-order valence-electron chi connectivity index (χ3n) is 2.34. The topological polar surface area (TPSA) is 36.9 Å². The molecule has 0 aromatic heterocycles. The summed E-state index contributed by atoms with van der Waals surface area (Å²) in [6, 6.07) is 0. The van der Waals surface area contributed by atoms with Crippen LogP contribution in [0.4, 0.5) is 0 Å². The van der Waals surface area contributed by atoms with E-state index in [0.29, 0.717) is 6.61 Å². The Kier molecular flexibility index (Phi) is 8.08. The van der Waals surface area contributed by atoms with E-state index in [1.165, 1.54) is 0 Å². The molecule has 0 rings (SSSR count). The van der Waals surface area contributed by atoms with Crippen LogP contribution in [0.25, 0.3) is 0 Å². The molecular formula is C10H22O4. The van der Waals surface area contributed by atoms with E-state index in [9.17, 15) is 0 Å². The molecule has 0 N–H and O–H groups in total. The van der Waals surface area contributed by atoms with Gasteiger partial charge in [0, 0.05) is 28.4 Å². The van der Waals surface area contributed by atoms with E-state index in [2.05, 4.69) is 6.92 Å². The maximum absolute atomic E-state index is 5.37. The highest BCUT2D eigenvalue weighted by atomic mass is 16.6. The zero-order valence-corrected chi connectivity index (χ0v) is 9.78. The molecular weight excluding hydrogens is 184 g/mol. The van der Waals surface area contributed by atoms with Crippen LogP contribution in [0.1, 0.15) is 13.3 Å². The van der Waals surface area contributed by atoms with Crippen LogP contribution in [0.2, 0.25) is 0 Å². The molecule has 0 radical (unpaired) electrons. The van der Waals surface area contributed by atoms with Gasteiger partial charge in [-0.3, -0.25) is 0 Å². The molecule has 0 aromatic rings. The first-order valence-electron chi connectivity index (χ1n) is 4.82. The molecule has 0 aromatic carbocycles. The second-order valence-corrected chi connectivity index (χ2v) is 3.11. The van der Waals surface area contributed by atoms with Crippen molar-refractivity contribution in [3.05, 3.63) is 0 Å². The minimum atomic E-state index is -0.0881. The van der Waals surface area contributed by atoms with Crippen LogP contribution in [0, 0.1) is 0 Å². The van der Waals surface area contributed by atoms with Crippen LogP contribution in [-0.4, -0.2) is 53.4 Å². The number of rotatable bonds is 8. The van der Waals surface area contributed by atoms with E-state index in [0.717, 1.165) is 6.42 Å². The molecule has 3 atom stereocenters. The van der Waals surface area contributed by atoms with Crippen LogP contribution in [-0.2, 0) is 18.9 Å². The summed E-state index contributed by atoms with van der Waals surface area (Å²) < 4.78 is 21.0. The molecule has 0 heterocycles. The Balaban J connectivity index is 4.31. The Morgan fingerprint density at radius 1 is 0.857 bits per heavy atom. The van der Waals surface area contributed by atoms with Crippen molar-refractivity contribution < 1.29 is 18.9 Å². The summed E-state index contributed by atoms with van der Waals surface area (Å²) in [5.74, 6) is 0. The van der Waals surface area contributed by atoms with Crippen LogP contribution >= 0.6 is 0 Å². The normalized spacial score (nSPS) is 17.8. The Hall–Kier alpha value is -0.160. The summed E-state index contributed by atoms with van der Waals surface area (Å²) in [5.41, 5.74) is 0. The van der Waals surface area contributed by atoms with Gasteiger partial charge < -0.3 is 18.9 Å². The smallest absolute Gasteiger partial charge is 0.112 e. The van der Waals surface area contributed by atoms with Crippen LogP contribution in [0.15, 0.2) is 0 Å². The average molecular weight is 206 g/mol. The fourth-order valence-corrected chi connectivity index (χ4v) is 1.54. The monoisotopic (exact) mass is 206 g/mol. The molecule has 14 heavy (non-hydrogen) atoms. The average Bonchev–Trinajstić information content (AvgIpc) is 2.23. The third kappa shape index (κ3) is 3.92. The lowest BCUT2D eigenvalue weighted by atomic mass is 10.1. The second kappa shape index (κ2) is 8.17. The van der Waals surface area contributed by atoms with Gasteiger partial charge in [-0.05, 0) is 6.42 Å². The van der Waals surface area contributed by atoms with Gasteiger partial charge in [0.05, 0.1) is 12.7 Å². The van der Waals surface area contributed by atoms with Crippen LogP contribution < -0.4 is 0 Å². The molecule has 0 aliphatic carbocycles. The quantitative estimate of drug-likeness (QED) is 0.595. The lowest BCUT2D eigenvalue weighted by Crippen LogP contribution is -2.43. The molecule has 4 heteroatoms. The summed E-state index contributed by atoms with van der Waals surface area (Å²) in [5, 5.41) is 0. The van der Waals surface area contributed by atoms with Crippen molar-refractivity contribution >= 4 is 0 Å². The van der Waals surface area contributed by atoms with E-state index in [1.54, 1.807) is 28.4 Å². The summed E-state index contributed by atoms with van der Waals surface area (Å²) >= 11 is 0. The van der Waals surface area contributed by atoms with Crippen molar-refractivity contribution in [3.8, 4) is 0 Å². The number of hydrogen-bond donors (Lipinski definition) is 0. The molecule has 4 nitrogen and oxygen atoms in total. The Morgan fingerprint density at radius 2 is 1.43 bits per heavy atom. The van der Waals surface area contributed by atoms with Crippen molar-refractivity contribution in [1.82, 2.24) is 0 Å². The fourth-order valence-electron chi connectivity index (χ4n) is 1.54. The van der Waals surface area contributed by atoms with Gasteiger partial charge in [0.25, 0.3) is 0 Å². The van der Waals surface area contributed by atoms with E-state index < -0.39 is 0 Å². The summed E-state index contributed by atoms with van der Waals surface area (Å²) in [6.45, 7) is 2.56. The van der Waals surface area contributed by atoms with E-state index in [-0.39, 0.29) is 18.3 Å². The first kappa shape index (κ1) is 13.8. The van der Waals surface area contributed by atoms with Gasteiger partial charge in [0.2, 0.25) is 0 Å². The maximum Gasteiger partial charge on any atom is 0.112 e. The fraction of sp³-hybridized carbons (Fsp3) is 1.00. The lowest BCUT2D eigenvalue weighted by Gasteiger charge is -2.29. The zero-order valence-electron chi connectivity index (χ0n) is 9.78.